The number of carbonyl (C=O) groups excluding carboxylic acids is 1. The number of carbonyl (C=O) groups is 1. The van der Waals surface area contributed by atoms with Crippen molar-refractivity contribution in [3.8, 4) is 0 Å². The molecular formula is C13H20N2O3. The molecule has 0 radical (unpaired) electrons. The maximum atomic E-state index is 11.8. The summed E-state index contributed by atoms with van der Waals surface area (Å²) in [7, 11) is 1.63. The van der Waals surface area contributed by atoms with Crippen molar-refractivity contribution in [3.63, 3.8) is 0 Å². The molecule has 18 heavy (non-hydrogen) atoms. The van der Waals surface area contributed by atoms with Gasteiger partial charge in [-0.3, -0.25) is 9.59 Å². The molecule has 0 fully saturated rings. The fraction of sp³-hybridized carbons (Fsp3) is 0.538. The van der Waals surface area contributed by atoms with Crippen LogP contribution in [-0.4, -0.2) is 28.7 Å². The van der Waals surface area contributed by atoms with Crippen LogP contribution in [0, 0.1) is 5.41 Å². The van der Waals surface area contributed by atoms with Gasteiger partial charge in [0.1, 0.15) is 0 Å². The zero-order valence-electron chi connectivity index (χ0n) is 11.1. The lowest BCUT2D eigenvalue weighted by molar-refractivity contribution is 0.0928. The second-order valence-electron chi connectivity index (χ2n) is 5.19. The average molecular weight is 252 g/mol. The SMILES string of the molecule is Cn1ccc(C(=O)NCC(C)(C)CCO)cc1=O. The minimum Gasteiger partial charge on any atom is -0.396 e. The summed E-state index contributed by atoms with van der Waals surface area (Å²) in [5, 5.41) is 11.7. The van der Waals surface area contributed by atoms with Gasteiger partial charge in [0, 0.05) is 38.0 Å². The Labute approximate surface area is 106 Å². The van der Waals surface area contributed by atoms with Crippen LogP contribution in [0.4, 0.5) is 0 Å². The first-order valence-electron chi connectivity index (χ1n) is 5.91. The highest BCUT2D eigenvalue weighted by Crippen LogP contribution is 2.18. The van der Waals surface area contributed by atoms with E-state index in [9.17, 15) is 9.59 Å². The highest BCUT2D eigenvalue weighted by Gasteiger charge is 2.18. The van der Waals surface area contributed by atoms with Crippen molar-refractivity contribution in [1.29, 1.82) is 0 Å². The fourth-order valence-electron chi connectivity index (χ4n) is 1.50. The van der Waals surface area contributed by atoms with E-state index in [1.165, 1.54) is 10.6 Å². The maximum absolute atomic E-state index is 11.8. The highest BCUT2D eigenvalue weighted by molar-refractivity contribution is 5.93. The molecule has 1 amide bonds. The van der Waals surface area contributed by atoms with Crippen molar-refractivity contribution in [1.82, 2.24) is 9.88 Å². The van der Waals surface area contributed by atoms with Gasteiger partial charge in [-0.05, 0) is 17.9 Å². The van der Waals surface area contributed by atoms with Crippen molar-refractivity contribution in [2.24, 2.45) is 12.5 Å². The van der Waals surface area contributed by atoms with Crippen LogP contribution in [0.25, 0.3) is 0 Å². The third-order valence-electron chi connectivity index (χ3n) is 2.88. The molecule has 0 spiro atoms. The van der Waals surface area contributed by atoms with Gasteiger partial charge in [0.25, 0.3) is 11.5 Å². The number of hydrogen-bond acceptors (Lipinski definition) is 3. The monoisotopic (exact) mass is 252 g/mol. The van der Waals surface area contributed by atoms with Gasteiger partial charge < -0.3 is 15.0 Å². The Morgan fingerprint density at radius 2 is 2.17 bits per heavy atom. The first-order valence-corrected chi connectivity index (χ1v) is 5.91. The largest absolute Gasteiger partial charge is 0.396 e. The van der Waals surface area contributed by atoms with Crippen LogP contribution in [0.2, 0.25) is 0 Å². The summed E-state index contributed by atoms with van der Waals surface area (Å²) < 4.78 is 1.41. The Bertz CT molecular complexity index is 477. The van der Waals surface area contributed by atoms with E-state index in [-0.39, 0.29) is 23.5 Å². The van der Waals surface area contributed by atoms with Crippen molar-refractivity contribution < 1.29 is 9.90 Å². The van der Waals surface area contributed by atoms with Gasteiger partial charge >= 0.3 is 0 Å². The molecule has 0 unspecified atom stereocenters. The summed E-state index contributed by atoms with van der Waals surface area (Å²) in [6, 6.07) is 2.92. The van der Waals surface area contributed by atoms with Gasteiger partial charge in [-0.15, -0.1) is 0 Å². The van der Waals surface area contributed by atoms with E-state index in [2.05, 4.69) is 5.32 Å². The van der Waals surface area contributed by atoms with Crippen LogP contribution in [0.5, 0.6) is 0 Å². The van der Waals surface area contributed by atoms with E-state index in [4.69, 9.17) is 5.11 Å². The maximum Gasteiger partial charge on any atom is 0.251 e. The van der Waals surface area contributed by atoms with Gasteiger partial charge in [0.15, 0.2) is 0 Å². The number of nitrogens with one attached hydrogen (secondary N) is 1. The molecule has 0 aliphatic heterocycles. The van der Waals surface area contributed by atoms with Crippen LogP contribution < -0.4 is 10.9 Å². The Morgan fingerprint density at radius 1 is 1.50 bits per heavy atom. The number of nitrogens with zero attached hydrogens (tertiary/aromatic N) is 1. The lowest BCUT2D eigenvalue weighted by Crippen LogP contribution is -2.35. The predicted molar refractivity (Wildman–Crippen MR) is 69.5 cm³/mol. The van der Waals surface area contributed by atoms with Crippen molar-refractivity contribution in [3.05, 3.63) is 34.2 Å². The summed E-state index contributed by atoms with van der Waals surface area (Å²) in [6.45, 7) is 4.48. The molecule has 1 aromatic rings. The number of hydrogen-bond donors (Lipinski definition) is 2. The van der Waals surface area contributed by atoms with E-state index in [1.54, 1.807) is 19.3 Å². The summed E-state index contributed by atoms with van der Waals surface area (Å²) in [6.07, 6.45) is 2.18. The number of pyridine rings is 1. The Morgan fingerprint density at radius 3 is 2.72 bits per heavy atom. The Kier molecular flexibility index (Phi) is 4.67. The molecule has 1 aromatic heterocycles. The Balaban J connectivity index is 2.66. The normalized spacial score (nSPS) is 11.3. The van der Waals surface area contributed by atoms with Crippen molar-refractivity contribution in [2.75, 3.05) is 13.2 Å². The quantitative estimate of drug-likeness (QED) is 0.802. The van der Waals surface area contributed by atoms with Crippen molar-refractivity contribution >= 4 is 5.91 Å². The highest BCUT2D eigenvalue weighted by atomic mass is 16.3. The van der Waals surface area contributed by atoms with Crippen LogP contribution in [0.15, 0.2) is 23.1 Å². The summed E-state index contributed by atoms with van der Waals surface area (Å²) in [4.78, 5) is 23.2. The standard InChI is InChI=1S/C13H20N2O3/c1-13(2,5-7-16)9-14-12(18)10-4-6-15(3)11(17)8-10/h4,6,8,16H,5,7,9H2,1-3H3,(H,14,18). The van der Waals surface area contributed by atoms with E-state index in [0.29, 0.717) is 18.5 Å². The molecule has 0 bridgehead atoms. The second-order valence-corrected chi connectivity index (χ2v) is 5.19. The molecule has 2 N–H and O–H groups in total. The summed E-state index contributed by atoms with van der Waals surface area (Å²) in [5.41, 5.74) is -0.0142. The number of aryl methyl sites for hydroxylation is 1. The molecule has 5 heteroatoms. The minimum absolute atomic E-state index is 0.0920. The number of amides is 1. The number of aliphatic hydroxyl groups is 1. The molecule has 0 aliphatic rings. The van der Waals surface area contributed by atoms with Gasteiger partial charge in [-0.25, -0.2) is 0 Å². The van der Waals surface area contributed by atoms with E-state index < -0.39 is 0 Å². The Hall–Kier alpha value is -1.62. The van der Waals surface area contributed by atoms with E-state index in [0.717, 1.165) is 0 Å². The number of aliphatic hydroxyl groups excluding tert-OH is 1. The molecule has 1 rings (SSSR count). The van der Waals surface area contributed by atoms with E-state index in [1.807, 2.05) is 13.8 Å². The van der Waals surface area contributed by atoms with Gasteiger partial charge in [0.2, 0.25) is 0 Å². The van der Waals surface area contributed by atoms with Gasteiger partial charge in [-0.1, -0.05) is 13.8 Å². The topological polar surface area (TPSA) is 71.3 Å². The smallest absolute Gasteiger partial charge is 0.251 e. The van der Waals surface area contributed by atoms with Crippen molar-refractivity contribution in [2.45, 2.75) is 20.3 Å². The molecule has 1 heterocycles. The lowest BCUT2D eigenvalue weighted by Gasteiger charge is -2.23. The van der Waals surface area contributed by atoms with Crippen LogP contribution in [0.3, 0.4) is 0 Å². The number of aromatic nitrogens is 1. The molecule has 0 saturated heterocycles. The third kappa shape index (κ3) is 4.00. The molecule has 0 saturated carbocycles. The molecule has 0 aromatic carbocycles. The summed E-state index contributed by atoms with van der Waals surface area (Å²) >= 11 is 0. The predicted octanol–water partition coefficient (Wildman–Crippen LogP) is 0.524. The number of rotatable bonds is 5. The fourth-order valence-corrected chi connectivity index (χ4v) is 1.50. The zero-order valence-corrected chi connectivity index (χ0v) is 11.1. The van der Waals surface area contributed by atoms with Gasteiger partial charge in [-0.2, -0.15) is 0 Å². The van der Waals surface area contributed by atoms with Crippen LogP contribution >= 0.6 is 0 Å². The van der Waals surface area contributed by atoms with Crippen LogP contribution in [0.1, 0.15) is 30.6 Å². The molecule has 100 valence electrons. The first-order chi connectivity index (χ1) is 8.35. The zero-order chi connectivity index (χ0) is 13.8. The minimum atomic E-state index is -0.265. The lowest BCUT2D eigenvalue weighted by atomic mass is 9.89. The van der Waals surface area contributed by atoms with Gasteiger partial charge in [0.05, 0.1) is 0 Å². The molecular weight excluding hydrogens is 232 g/mol. The van der Waals surface area contributed by atoms with Crippen LogP contribution in [-0.2, 0) is 7.05 Å². The summed E-state index contributed by atoms with van der Waals surface area (Å²) in [5.74, 6) is -0.265. The third-order valence-corrected chi connectivity index (χ3v) is 2.88. The molecule has 0 aliphatic carbocycles. The van der Waals surface area contributed by atoms with E-state index >= 15 is 0 Å². The average Bonchev–Trinajstić information content (AvgIpc) is 2.30. The molecule has 5 nitrogen and oxygen atoms in total. The molecule has 0 atom stereocenters. The second kappa shape index (κ2) is 5.82. The first kappa shape index (κ1) is 14.4.